The highest BCUT2D eigenvalue weighted by Gasteiger charge is 2.43. The van der Waals surface area contributed by atoms with Gasteiger partial charge in [-0.25, -0.2) is 14.0 Å². The van der Waals surface area contributed by atoms with Crippen molar-refractivity contribution in [2.75, 3.05) is 6.61 Å². The summed E-state index contributed by atoms with van der Waals surface area (Å²) in [5.74, 6) is -1.16. The van der Waals surface area contributed by atoms with Crippen LogP contribution in [0.5, 0.6) is 0 Å². The lowest BCUT2D eigenvalue weighted by Gasteiger charge is -2.35. The second-order valence-corrected chi connectivity index (χ2v) is 6.25. The fourth-order valence-electron chi connectivity index (χ4n) is 3.01. The largest absolute Gasteiger partial charge is 0.463 e. The Bertz CT molecular complexity index is 710. The molecule has 0 radical (unpaired) electrons. The first-order chi connectivity index (χ1) is 11.5. The minimum absolute atomic E-state index is 0.0744. The Morgan fingerprint density at radius 3 is 2.75 bits per heavy atom. The number of carbonyl (C=O) groups excluding carboxylic acids is 2. The molecule has 1 aromatic rings. The number of nitrogens with one attached hydrogen (secondary N) is 1. The maximum Gasteiger partial charge on any atom is 0.338 e. The van der Waals surface area contributed by atoms with E-state index in [1.54, 1.807) is 18.7 Å². The first-order valence-corrected chi connectivity index (χ1v) is 8.25. The number of hydrogen-bond donors (Lipinski definition) is 1. The van der Waals surface area contributed by atoms with Gasteiger partial charge in [-0.2, -0.15) is 0 Å². The van der Waals surface area contributed by atoms with E-state index in [1.807, 2.05) is 0 Å². The molecule has 0 unspecified atom stereocenters. The SMILES string of the molecule is CCOC(=O)C1=C(C)N(C2CC2)C(=O)N[C@@H]1c1c(F)cccc1Cl. The summed E-state index contributed by atoms with van der Waals surface area (Å²) >= 11 is 6.14. The second-order valence-electron chi connectivity index (χ2n) is 5.84. The van der Waals surface area contributed by atoms with Crippen LogP contribution in [0.4, 0.5) is 9.18 Å². The van der Waals surface area contributed by atoms with Crippen molar-refractivity contribution in [3.63, 3.8) is 0 Å². The molecule has 1 N–H and O–H groups in total. The Hall–Kier alpha value is -2.08. The van der Waals surface area contributed by atoms with Crippen molar-refractivity contribution in [3.05, 3.63) is 45.9 Å². The minimum Gasteiger partial charge on any atom is -0.463 e. The number of rotatable bonds is 4. The minimum atomic E-state index is -0.972. The zero-order valence-corrected chi connectivity index (χ0v) is 14.2. The molecule has 1 aromatic carbocycles. The summed E-state index contributed by atoms with van der Waals surface area (Å²) in [4.78, 5) is 26.5. The standard InChI is InChI=1S/C17H18ClFN2O3/c1-3-24-16(22)13-9(2)21(10-7-8-10)17(23)20-15(13)14-11(18)5-4-6-12(14)19/h4-6,10,15H,3,7-8H2,1-2H3,(H,20,23)/t15-/m0/s1. The fourth-order valence-corrected chi connectivity index (χ4v) is 3.28. The van der Waals surface area contributed by atoms with Gasteiger partial charge in [0.25, 0.3) is 0 Å². The quantitative estimate of drug-likeness (QED) is 0.843. The van der Waals surface area contributed by atoms with Gasteiger partial charge in [0.1, 0.15) is 5.82 Å². The lowest BCUT2D eigenvalue weighted by atomic mass is 9.94. The monoisotopic (exact) mass is 352 g/mol. The number of carbonyl (C=O) groups is 2. The predicted molar refractivity (Wildman–Crippen MR) is 86.9 cm³/mol. The second kappa shape index (κ2) is 6.43. The summed E-state index contributed by atoms with van der Waals surface area (Å²) in [5, 5.41) is 2.86. The van der Waals surface area contributed by atoms with E-state index in [1.165, 1.54) is 18.2 Å². The normalized spacial score (nSPS) is 20.9. The van der Waals surface area contributed by atoms with Gasteiger partial charge in [-0.15, -0.1) is 0 Å². The van der Waals surface area contributed by atoms with Crippen LogP contribution in [0, 0.1) is 5.82 Å². The smallest absolute Gasteiger partial charge is 0.338 e. The molecule has 1 heterocycles. The average Bonchev–Trinajstić information content (AvgIpc) is 3.31. The van der Waals surface area contributed by atoms with Gasteiger partial charge < -0.3 is 10.1 Å². The molecule has 2 aliphatic rings. The maximum absolute atomic E-state index is 14.4. The van der Waals surface area contributed by atoms with E-state index in [9.17, 15) is 14.0 Å². The number of hydrogen-bond acceptors (Lipinski definition) is 3. The maximum atomic E-state index is 14.4. The molecule has 2 amide bonds. The molecule has 0 bridgehead atoms. The zero-order chi connectivity index (χ0) is 17.4. The molecule has 128 valence electrons. The summed E-state index contributed by atoms with van der Waals surface area (Å²) in [6.07, 6.45) is 1.76. The number of benzene rings is 1. The van der Waals surface area contributed by atoms with E-state index in [-0.39, 0.29) is 34.8 Å². The first kappa shape index (κ1) is 16.8. The van der Waals surface area contributed by atoms with Crippen LogP contribution < -0.4 is 5.32 Å². The highest BCUT2D eigenvalue weighted by Crippen LogP contribution is 2.40. The highest BCUT2D eigenvalue weighted by molar-refractivity contribution is 6.31. The first-order valence-electron chi connectivity index (χ1n) is 7.87. The summed E-state index contributed by atoms with van der Waals surface area (Å²) in [7, 11) is 0. The van der Waals surface area contributed by atoms with Crippen LogP contribution >= 0.6 is 11.6 Å². The van der Waals surface area contributed by atoms with E-state index in [0.717, 1.165) is 12.8 Å². The lowest BCUT2D eigenvalue weighted by Crippen LogP contribution is -2.49. The van der Waals surface area contributed by atoms with Crippen LogP contribution in [0.2, 0.25) is 5.02 Å². The molecule has 5 nitrogen and oxygen atoms in total. The molecule has 7 heteroatoms. The third-order valence-electron chi connectivity index (χ3n) is 4.22. The Morgan fingerprint density at radius 2 is 2.17 bits per heavy atom. The molecule has 0 aromatic heterocycles. The van der Waals surface area contributed by atoms with Gasteiger partial charge in [-0.3, -0.25) is 4.90 Å². The predicted octanol–water partition coefficient (Wildman–Crippen LogP) is 3.54. The van der Waals surface area contributed by atoms with Crippen molar-refractivity contribution >= 4 is 23.6 Å². The van der Waals surface area contributed by atoms with Crippen LogP contribution in [0.1, 0.15) is 38.3 Å². The van der Waals surface area contributed by atoms with E-state index in [4.69, 9.17) is 16.3 Å². The van der Waals surface area contributed by atoms with E-state index >= 15 is 0 Å². The zero-order valence-electron chi connectivity index (χ0n) is 13.4. The molecule has 1 fully saturated rings. The highest BCUT2D eigenvalue weighted by atomic mass is 35.5. The van der Waals surface area contributed by atoms with Gasteiger partial charge in [-0.1, -0.05) is 17.7 Å². The number of ether oxygens (including phenoxy) is 1. The number of esters is 1. The average molecular weight is 353 g/mol. The van der Waals surface area contributed by atoms with Gasteiger partial charge in [0.15, 0.2) is 0 Å². The van der Waals surface area contributed by atoms with Crippen LogP contribution in [-0.4, -0.2) is 29.5 Å². The molecule has 1 atom stereocenters. The number of nitrogens with zero attached hydrogens (tertiary/aromatic N) is 1. The lowest BCUT2D eigenvalue weighted by molar-refractivity contribution is -0.139. The Balaban J connectivity index is 2.13. The van der Waals surface area contributed by atoms with Gasteiger partial charge in [0.05, 0.1) is 18.2 Å². The number of halogens is 2. The van der Waals surface area contributed by atoms with Crippen LogP contribution in [0.15, 0.2) is 29.5 Å². The van der Waals surface area contributed by atoms with Crippen molar-refractivity contribution < 1.29 is 18.7 Å². The molecule has 0 saturated heterocycles. The Kier molecular flexibility index (Phi) is 4.49. The number of urea groups is 1. The third kappa shape index (κ3) is 2.86. The van der Waals surface area contributed by atoms with E-state index < -0.39 is 17.8 Å². The molecule has 1 aliphatic carbocycles. The fraction of sp³-hybridized carbons (Fsp3) is 0.412. The van der Waals surface area contributed by atoms with Crippen LogP contribution in [-0.2, 0) is 9.53 Å². The van der Waals surface area contributed by atoms with Crippen molar-refractivity contribution in [2.24, 2.45) is 0 Å². The summed E-state index contributed by atoms with van der Waals surface area (Å²) in [5.41, 5.74) is 0.782. The van der Waals surface area contributed by atoms with Gasteiger partial charge >= 0.3 is 12.0 Å². The summed E-state index contributed by atoms with van der Waals surface area (Å²) in [6, 6.07) is 3.00. The van der Waals surface area contributed by atoms with Gasteiger partial charge in [0.2, 0.25) is 0 Å². The summed E-state index contributed by atoms with van der Waals surface area (Å²) < 4.78 is 19.5. The molecular formula is C17H18ClFN2O3. The molecule has 1 aliphatic heterocycles. The number of amides is 2. The Labute approximate surface area is 144 Å². The molecule has 24 heavy (non-hydrogen) atoms. The molecule has 0 spiro atoms. The van der Waals surface area contributed by atoms with Crippen LogP contribution in [0.3, 0.4) is 0 Å². The van der Waals surface area contributed by atoms with Crippen molar-refractivity contribution in [3.8, 4) is 0 Å². The Morgan fingerprint density at radius 1 is 1.46 bits per heavy atom. The third-order valence-corrected chi connectivity index (χ3v) is 4.55. The van der Waals surface area contributed by atoms with Crippen LogP contribution in [0.25, 0.3) is 0 Å². The molecular weight excluding hydrogens is 335 g/mol. The van der Waals surface area contributed by atoms with E-state index in [2.05, 4.69) is 5.32 Å². The van der Waals surface area contributed by atoms with Gasteiger partial charge in [0, 0.05) is 22.3 Å². The molecule has 3 rings (SSSR count). The molecule has 1 saturated carbocycles. The van der Waals surface area contributed by atoms with E-state index in [0.29, 0.717) is 5.70 Å². The van der Waals surface area contributed by atoms with Gasteiger partial charge in [-0.05, 0) is 38.8 Å². The summed E-state index contributed by atoms with van der Waals surface area (Å²) in [6.45, 7) is 3.56. The topological polar surface area (TPSA) is 58.6 Å². The number of allylic oxidation sites excluding steroid dienone is 1. The van der Waals surface area contributed by atoms with Crippen molar-refractivity contribution in [1.82, 2.24) is 10.2 Å². The van der Waals surface area contributed by atoms with Crippen molar-refractivity contribution in [2.45, 2.75) is 38.8 Å². The van der Waals surface area contributed by atoms with Crippen molar-refractivity contribution in [1.29, 1.82) is 0 Å².